The Hall–Kier alpha value is -2.28. The van der Waals surface area contributed by atoms with Crippen LogP contribution in [-0.4, -0.2) is 77.3 Å². The van der Waals surface area contributed by atoms with E-state index in [-0.39, 0.29) is 12.3 Å². The maximum Gasteiger partial charge on any atom is 0.328 e. The molecule has 34 heavy (non-hydrogen) atoms. The number of hydrogen-bond acceptors (Lipinski definition) is 8. The molecule has 0 heterocycles. The molecule has 0 rings (SSSR count). The standard InChI is InChI=1S/C22H44N6O6/c1-4-13(2)17(25)21(32)27-15(9-5-7-11-23)19(30)26-16(10-6-8-12-24)20(31)28-18(14(3)29)22(33)34/h13-18,29H,4-12,23-25H2,1-3H3,(H,26,30)(H,27,32)(H,28,31)(H,33,34). The molecule has 0 radical (unpaired) electrons. The monoisotopic (exact) mass is 488 g/mol. The number of carboxylic acid groups (broad SMARTS) is 1. The van der Waals surface area contributed by atoms with Gasteiger partial charge in [0, 0.05) is 0 Å². The van der Waals surface area contributed by atoms with Crippen molar-refractivity contribution in [1.82, 2.24) is 16.0 Å². The first kappa shape index (κ1) is 31.7. The molecule has 0 aliphatic carbocycles. The van der Waals surface area contributed by atoms with E-state index in [1.54, 1.807) is 0 Å². The highest BCUT2D eigenvalue weighted by Gasteiger charge is 2.32. The van der Waals surface area contributed by atoms with Crippen molar-refractivity contribution in [2.45, 2.75) is 96.0 Å². The molecule has 0 aliphatic rings. The quantitative estimate of drug-likeness (QED) is 0.105. The molecule has 0 saturated carbocycles. The van der Waals surface area contributed by atoms with E-state index in [9.17, 15) is 29.4 Å². The van der Waals surface area contributed by atoms with Crippen LogP contribution in [0.2, 0.25) is 0 Å². The Balaban J connectivity index is 5.54. The van der Waals surface area contributed by atoms with Gasteiger partial charge in [-0.2, -0.15) is 0 Å². The van der Waals surface area contributed by atoms with E-state index in [1.807, 2.05) is 13.8 Å². The molecule has 0 saturated heterocycles. The topological polar surface area (TPSA) is 223 Å². The number of carbonyl (C=O) groups is 4. The molecule has 11 N–H and O–H groups in total. The summed E-state index contributed by atoms with van der Waals surface area (Å²) in [6.07, 6.45) is 2.17. The summed E-state index contributed by atoms with van der Waals surface area (Å²) in [7, 11) is 0. The van der Waals surface area contributed by atoms with Gasteiger partial charge in [0.25, 0.3) is 0 Å². The molecule has 0 aromatic carbocycles. The van der Waals surface area contributed by atoms with Gasteiger partial charge in [0.1, 0.15) is 12.1 Å². The van der Waals surface area contributed by atoms with E-state index in [1.165, 1.54) is 6.92 Å². The Bertz CT molecular complexity index is 647. The number of aliphatic hydroxyl groups is 1. The van der Waals surface area contributed by atoms with Crippen molar-refractivity contribution in [2.24, 2.45) is 23.1 Å². The van der Waals surface area contributed by atoms with Crippen molar-refractivity contribution in [3.05, 3.63) is 0 Å². The van der Waals surface area contributed by atoms with Crippen molar-refractivity contribution in [1.29, 1.82) is 0 Å². The molecule has 0 spiro atoms. The van der Waals surface area contributed by atoms with Crippen molar-refractivity contribution in [2.75, 3.05) is 13.1 Å². The molecule has 0 aromatic heterocycles. The van der Waals surface area contributed by atoms with Gasteiger partial charge in [-0.15, -0.1) is 0 Å². The van der Waals surface area contributed by atoms with E-state index in [2.05, 4.69) is 16.0 Å². The highest BCUT2D eigenvalue weighted by Crippen LogP contribution is 2.09. The second-order valence-corrected chi connectivity index (χ2v) is 8.67. The summed E-state index contributed by atoms with van der Waals surface area (Å²) in [5, 5.41) is 26.5. The van der Waals surface area contributed by atoms with Gasteiger partial charge in [0.05, 0.1) is 12.1 Å². The van der Waals surface area contributed by atoms with Crippen LogP contribution < -0.4 is 33.2 Å². The number of unbranched alkanes of at least 4 members (excludes halogenated alkanes) is 2. The van der Waals surface area contributed by atoms with Gasteiger partial charge in [0.2, 0.25) is 17.7 Å². The fraction of sp³-hybridized carbons (Fsp3) is 0.818. The van der Waals surface area contributed by atoms with Crippen LogP contribution in [0.3, 0.4) is 0 Å². The zero-order valence-electron chi connectivity index (χ0n) is 20.6. The minimum Gasteiger partial charge on any atom is -0.480 e. The fourth-order valence-corrected chi connectivity index (χ4v) is 3.22. The van der Waals surface area contributed by atoms with Crippen LogP contribution in [0.5, 0.6) is 0 Å². The smallest absolute Gasteiger partial charge is 0.328 e. The van der Waals surface area contributed by atoms with Crippen LogP contribution >= 0.6 is 0 Å². The van der Waals surface area contributed by atoms with Crippen LogP contribution in [0.15, 0.2) is 0 Å². The largest absolute Gasteiger partial charge is 0.480 e. The van der Waals surface area contributed by atoms with Gasteiger partial charge in [-0.1, -0.05) is 20.3 Å². The lowest BCUT2D eigenvalue weighted by Crippen LogP contribution is -2.58. The SMILES string of the molecule is CCC(C)C(N)C(=O)NC(CCCCN)C(=O)NC(CCCCN)C(=O)NC(C(=O)O)C(C)O. The minimum absolute atomic E-state index is 0.0871. The molecule has 12 nitrogen and oxygen atoms in total. The first-order valence-corrected chi connectivity index (χ1v) is 12.0. The number of aliphatic hydroxyl groups excluding tert-OH is 1. The molecule has 6 atom stereocenters. The average Bonchev–Trinajstić information content (AvgIpc) is 2.79. The third-order valence-electron chi connectivity index (χ3n) is 5.77. The van der Waals surface area contributed by atoms with E-state index < -0.39 is 54.0 Å². The first-order valence-electron chi connectivity index (χ1n) is 12.0. The van der Waals surface area contributed by atoms with Gasteiger partial charge < -0.3 is 43.4 Å². The van der Waals surface area contributed by atoms with Gasteiger partial charge in [-0.25, -0.2) is 4.79 Å². The number of rotatable bonds is 18. The molecule has 3 amide bonds. The van der Waals surface area contributed by atoms with Crippen LogP contribution in [0.25, 0.3) is 0 Å². The zero-order chi connectivity index (χ0) is 26.3. The van der Waals surface area contributed by atoms with E-state index in [0.29, 0.717) is 51.6 Å². The number of nitrogens with one attached hydrogen (secondary N) is 3. The number of carboxylic acids is 1. The Morgan fingerprint density at radius 1 is 0.794 bits per heavy atom. The number of hydrogen-bond donors (Lipinski definition) is 8. The molecule has 198 valence electrons. The maximum atomic E-state index is 13.1. The normalized spacial score (nSPS) is 16.4. The van der Waals surface area contributed by atoms with Gasteiger partial charge in [-0.3, -0.25) is 14.4 Å². The van der Waals surface area contributed by atoms with E-state index >= 15 is 0 Å². The first-order chi connectivity index (χ1) is 16.0. The molecule has 6 unspecified atom stereocenters. The zero-order valence-corrected chi connectivity index (χ0v) is 20.6. The Labute approximate surface area is 201 Å². The molecule has 0 aliphatic heterocycles. The second kappa shape index (κ2) is 17.2. The lowest BCUT2D eigenvalue weighted by Gasteiger charge is -2.26. The molecular weight excluding hydrogens is 444 g/mol. The molecular formula is C22H44N6O6. The molecule has 12 heteroatoms. The predicted octanol–water partition coefficient (Wildman–Crippen LogP) is -1.46. The van der Waals surface area contributed by atoms with Crippen molar-refractivity contribution >= 4 is 23.7 Å². The van der Waals surface area contributed by atoms with Gasteiger partial charge in [0.15, 0.2) is 6.04 Å². The highest BCUT2D eigenvalue weighted by atomic mass is 16.4. The van der Waals surface area contributed by atoms with Crippen molar-refractivity contribution < 1.29 is 29.4 Å². The Morgan fingerprint density at radius 2 is 1.24 bits per heavy atom. The summed E-state index contributed by atoms with van der Waals surface area (Å²) in [4.78, 5) is 49.8. The number of carbonyl (C=O) groups excluding carboxylic acids is 3. The average molecular weight is 489 g/mol. The van der Waals surface area contributed by atoms with Crippen LogP contribution in [0.1, 0.15) is 65.7 Å². The number of amides is 3. The molecule has 0 aromatic rings. The van der Waals surface area contributed by atoms with E-state index in [0.717, 1.165) is 0 Å². The number of aliphatic carboxylic acids is 1. The van der Waals surface area contributed by atoms with Crippen LogP contribution in [0.4, 0.5) is 0 Å². The third-order valence-corrected chi connectivity index (χ3v) is 5.77. The van der Waals surface area contributed by atoms with Crippen molar-refractivity contribution in [3.8, 4) is 0 Å². The molecule has 0 fully saturated rings. The maximum absolute atomic E-state index is 13.1. The van der Waals surface area contributed by atoms with Crippen LogP contribution in [-0.2, 0) is 19.2 Å². The highest BCUT2D eigenvalue weighted by molar-refractivity contribution is 5.94. The summed E-state index contributed by atoms with van der Waals surface area (Å²) in [6.45, 7) is 5.80. The van der Waals surface area contributed by atoms with Gasteiger partial charge in [-0.05, 0) is 64.5 Å². The summed E-state index contributed by atoms with van der Waals surface area (Å²) >= 11 is 0. The Kier molecular flexibility index (Phi) is 16.0. The summed E-state index contributed by atoms with van der Waals surface area (Å²) in [5.74, 6) is -3.29. The number of nitrogens with two attached hydrogens (primary N) is 3. The Morgan fingerprint density at radius 3 is 1.62 bits per heavy atom. The second-order valence-electron chi connectivity index (χ2n) is 8.67. The predicted molar refractivity (Wildman–Crippen MR) is 128 cm³/mol. The summed E-state index contributed by atoms with van der Waals surface area (Å²) in [5.41, 5.74) is 17.1. The summed E-state index contributed by atoms with van der Waals surface area (Å²) in [6, 6.07) is -4.33. The minimum atomic E-state index is -1.53. The lowest BCUT2D eigenvalue weighted by molar-refractivity contribution is -0.145. The van der Waals surface area contributed by atoms with Crippen molar-refractivity contribution in [3.63, 3.8) is 0 Å². The van der Waals surface area contributed by atoms with E-state index in [4.69, 9.17) is 17.2 Å². The third kappa shape index (κ3) is 11.7. The summed E-state index contributed by atoms with van der Waals surface area (Å²) < 4.78 is 0. The lowest BCUT2D eigenvalue weighted by atomic mass is 9.98. The molecule has 0 bridgehead atoms. The fourth-order valence-electron chi connectivity index (χ4n) is 3.22. The van der Waals surface area contributed by atoms with Crippen LogP contribution in [0, 0.1) is 5.92 Å². The van der Waals surface area contributed by atoms with Gasteiger partial charge >= 0.3 is 5.97 Å².